The van der Waals surface area contributed by atoms with Gasteiger partial charge >= 0.3 is 0 Å². The number of hydrogen-bond acceptors (Lipinski definition) is 4. The third-order valence-corrected chi connectivity index (χ3v) is 6.59. The van der Waals surface area contributed by atoms with Crippen LogP contribution in [0.2, 0.25) is 0 Å². The molecule has 3 N–H and O–H groups in total. The van der Waals surface area contributed by atoms with Crippen LogP contribution in [0.25, 0.3) is 21.8 Å². The molecule has 2 heterocycles. The zero-order valence-electron chi connectivity index (χ0n) is 15.8. The lowest BCUT2D eigenvalue weighted by Crippen LogP contribution is -2.19. The minimum atomic E-state index is -3.82. The van der Waals surface area contributed by atoms with E-state index in [0.29, 0.717) is 11.6 Å². The van der Waals surface area contributed by atoms with Crippen LogP contribution in [0.4, 0.5) is 0 Å². The van der Waals surface area contributed by atoms with Crippen molar-refractivity contribution in [3.8, 4) is 0 Å². The minimum Gasteiger partial charge on any atom is -0.354 e. The van der Waals surface area contributed by atoms with E-state index in [2.05, 4.69) is 14.9 Å². The van der Waals surface area contributed by atoms with Crippen LogP contribution in [0.1, 0.15) is 42.6 Å². The fourth-order valence-corrected chi connectivity index (χ4v) is 4.77. The maximum atomic E-state index is 12.0. The molecule has 7 nitrogen and oxygen atoms in total. The van der Waals surface area contributed by atoms with Crippen molar-refractivity contribution < 1.29 is 13.2 Å². The van der Waals surface area contributed by atoms with Gasteiger partial charge in [-0.3, -0.25) is 4.79 Å². The largest absolute Gasteiger partial charge is 0.354 e. The maximum absolute atomic E-state index is 12.0. The van der Waals surface area contributed by atoms with E-state index in [1.165, 1.54) is 32.1 Å². The summed E-state index contributed by atoms with van der Waals surface area (Å²) in [6, 6.07) is 6.66. The number of amides is 1. The third kappa shape index (κ3) is 3.38. The first kappa shape index (κ1) is 18.9. The van der Waals surface area contributed by atoms with Crippen molar-refractivity contribution in [1.82, 2.24) is 14.9 Å². The molecule has 28 heavy (non-hydrogen) atoms. The molecule has 1 aromatic carbocycles. The van der Waals surface area contributed by atoms with Gasteiger partial charge < -0.3 is 9.88 Å². The van der Waals surface area contributed by atoms with Gasteiger partial charge in [0.2, 0.25) is 10.0 Å². The van der Waals surface area contributed by atoms with Gasteiger partial charge in [0.15, 0.2) is 0 Å². The van der Waals surface area contributed by atoms with Gasteiger partial charge in [0.25, 0.3) is 5.91 Å². The molecular weight excluding hydrogens is 376 g/mol. The minimum absolute atomic E-state index is 0.0648. The summed E-state index contributed by atoms with van der Waals surface area (Å²) in [5.41, 5.74) is 2.14. The molecule has 4 rings (SSSR count). The van der Waals surface area contributed by atoms with Gasteiger partial charge in [0, 0.05) is 29.9 Å². The Kier molecular flexibility index (Phi) is 4.84. The number of hydrogen-bond donors (Lipinski definition) is 2. The van der Waals surface area contributed by atoms with Crippen LogP contribution in [0.3, 0.4) is 0 Å². The molecule has 1 aliphatic carbocycles. The van der Waals surface area contributed by atoms with E-state index < -0.39 is 10.0 Å². The molecule has 148 valence electrons. The standard InChI is InChI=1S/C20H24N4O3S/c1-22-20(25)17-10-16-15-9-14(28(21,26)27)7-8-18(15)24(19(16)11-23-17)12-13-5-3-2-4-6-13/h7-11,13H,2-6,12H2,1H3,(H,22,25)(H2,21,26,27). The molecule has 0 unspecified atom stereocenters. The van der Waals surface area contributed by atoms with Crippen molar-refractivity contribution in [2.45, 2.75) is 43.5 Å². The number of carbonyl (C=O) groups excluding carboxylic acids is 1. The second-order valence-corrected chi connectivity index (χ2v) is 9.07. The van der Waals surface area contributed by atoms with Crippen LogP contribution >= 0.6 is 0 Å². The zero-order valence-corrected chi connectivity index (χ0v) is 16.6. The summed E-state index contributed by atoms with van der Waals surface area (Å²) < 4.78 is 25.9. The zero-order chi connectivity index (χ0) is 19.9. The Hall–Kier alpha value is -2.45. The lowest BCUT2D eigenvalue weighted by Gasteiger charge is -2.23. The Bertz CT molecular complexity index is 1160. The average molecular weight is 401 g/mol. The first-order valence-electron chi connectivity index (χ1n) is 9.55. The second-order valence-electron chi connectivity index (χ2n) is 7.50. The van der Waals surface area contributed by atoms with Crippen LogP contribution in [0.5, 0.6) is 0 Å². The van der Waals surface area contributed by atoms with Gasteiger partial charge in [-0.15, -0.1) is 0 Å². The number of rotatable bonds is 4. The smallest absolute Gasteiger partial charge is 0.269 e. The number of nitrogens with zero attached hydrogens (tertiary/aromatic N) is 2. The maximum Gasteiger partial charge on any atom is 0.269 e. The molecule has 1 fully saturated rings. The fraction of sp³-hybridized carbons (Fsp3) is 0.400. The van der Waals surface area contributed by atoms with Gasteiger partial charge in [-0.1, -0.05) is 19.3 Å². The van der Waals surface area contributed by atoms with Crippen LogP contribution in [-0.2, 0) is 16.6 Å². The van der Waals surface area contributed by atoms with E-state index >= 15 is 0 Å². The molecule has 0 atom stereocenters. The van der Waals surface area contributed by atoms with Gasteiger partial charge in [-0.25, -0.2) is 18.5 Å². The molecule has 0 bridgehead atoms. The summed E-state index contributed by atoms with van der Waals surface area (Å²) in [6.45, 7) is 0.857. The number of benzene rings is 1. The number of carbonyl (C=O) groups is 1. The summed E-state index contributed by atoms with van der Waals surface area (Å²) in [4.78, 5) is 16.4. The first-order valence-corrected chi connectivity index (χ1v) is 11.1. The normalized spacial score (nSPS) is 15.9. The summed E-state index contributed by atoms with van der Waals surface area (Å²) in [5, 5.41) is 9.49. The van der Waals surface area contributed by atoms with E-state index in [0.717, 1.165) is 28.4 Å². The topological polar surface area (TPSA) is 107 Å². The molecule has 8 heteroatoms. The van der Waals surface area contributed by atoms with Crippen LogP contribution in [0, 0.1) is 5.92 Å². The Morgan fingerprint density at radius 1 is 1.18 bits per heavy atom. The highest BCUT2D eigenvalue weighted by molar-refractivity contribution is 7.89. The second kappa shape index (κ2) is 7.18. The molecule has 0 aliphatic heterocycles. The monoisotopic (exact) mass is 400 g/mol. The number of primary sulfonamides is 1. The first-order chi connectivity index (χ1) is 13.4. The van der Waals surface area contributed by atoms with Crippen molar-refractivity contribution in [3.05, 3.63) is 36.2 Å². The summed E-state index contributed by atoms with van der Waals surface area (Å²) in [6.07, 6.45) is 7.88. The number of fused-ring (bicyclic) bond motifs is 3. The Balaban J connectivity index is 1.94. The summed E-state index contributed by atoms with van der Waals surface area (Å²) in [7, 11) is -2.26. The molecule has 0 saturated heterocycles. The molecule has 1 saturated carbocycles. The lowest BCUT2D eigenvalue weighted by atomic mass is 9.89. The van der Waals surface area contributed by atoms with E-state index in [1.54, 1.807) is 37.5 Å². The number of nitrogens with two attached hydrogens (primary N) is 1. The van der Waals surface area contributed by atoms with Crippen molar-refractivity contribution >= 4 is 37.7 Å². The van der Waals surface area contributed by atoms with Gasteiger partial charge in [-0.05, 0) is 43.0 Å². The number of aromatic nitrogens is 2. The summed E-state index contributed by atoms with van der Waals surface area (Å²) in [5.74, 6) is 0.307. The predicted octanol–water partition coefficient (Wildman–Crippen LogP) is 2.78. The highest BCUT2D eigenvalue weighted by atomic mass is 32.2. The Labute approximate surface area is 164 Å². The molecule has 0 radical (unpaired) electrons. The lowest BCUT2D eigenvalue weighted by molar-refractivity contribution is 0.0958. The summed E-state index contributed by atoms with van der Waals surface area (Å²) >= 11 is 0. The molecular formula is C20H24N4O3S. The van der Waals surface area contributed by atoms with Crippen LogP contribution in [-0.4, -0.2) is 30.9 Å². The van der Waals surface area contributed by atoms with Gasteiger partial charge in [-0.2, -0.15) is 0 Å². The molecule has 3 aromatic rings. The quantitative estimate of drug-likeness (QED) is 0.702. The Morgan fingerprint density at radius 3 is 2.57 bits per heavy atom. The SMILES string of the molecule is CNC(=O)c1cc2c3cc(S(N)(=O)=O)ccc3n(CC3CCCCC3)c2cn1. The van der Waals surface area contributed by atoms with Gasteiger partial charge in [0.1, 0.15) is 5.69 Å². The Morgan fingerprint density at radius 2 is 1.89 bits per heavy atom. The molecule has 2 aromatic heterocycles. The molecule has 0 spiro atoms. The molecule has 1 amide bonds. The highest BCUT2D eigenvalue weighted by Gasteiger charge is 2.20. The third-order valence-electron chi connectivity index (χ3n) is 5.68. The van der Waals surface area contributed by atoms with Crippen molar-refractivity contribution in [3.63, 3.8) is 0 Å². The van der Waals surface area contributed by atoms with Crippen molar-refractivity contribution in [2.24, 2.45) is 11.1 Å². The predicted molar refractivity (Wildman–Crippen MR) is 109 cm³/mol. The van der Waals surface area contributed by atoms with Crippen LogP contribution < -0.4 is 10.5 Å². The highest BCUT2D eigenvalue weighted by Crippen LogP contribution is 2.34. The van der Waals surface area contributed by atoms with Gasteiger partial charge in [0.05, 0.1) is 16.6 Å². The van der Waals surface area contributed by atoms with E-state index in [-0.39, 0.29) is 10.8 Å². The van der Waals surface area contributed by atoms with E-state index in [9.17, 15) is 13.2 Å². The fourth-order valence-electron chi connectivity index (χ4n) is 4.23. The average Bonchev–Trinajstić information content (AvgIpc) is 3.00. The van der Waals surface area contributed by atoms with Crippen LogP contribution in [0.15, 0.2) is 35.4 Å². The van der Waals surface area contributed by atoms with Crippen molar-refractivity contribution in [2.75, 3.05) is 7.05 Å². The number of pyridine rings is 1. The number of sulfonamides is 1. The van der Waals surface area contributed by atoms with E-state index in [1.807, 2.05) is 0 Å². The number of nitrogens with one attached hydrogen (secondary N) is 1. The van der Waals surface area contributed by atoms with E-state index in [4.69, 9.17) is 5.14 Å². The molecule has 1 aliphatic rings. The van der Waals surface area contributed by atoms with Crippen molar-refractivity contribution in [1.29, 1.82) is 0 Å².